The van der Waals surface area contributed by atoms with Crippen molar-refractivity contribution >= 4 is 22.5 Å². The number of fused-ring (bicyclic) bond motifs is 1. The number of H-pyrrole nitrogens is 1. The van der Waals surface area contributed by atoms with Gasteiger partial charge in [-0.1, -0.05) is 60.1 Å². The Morgan fingerprint density at radius 3 is 2.48 bits per heavy atom. The quantitative estimate of drug-likeness (QED) is 0.445. The first-order valence-electron chi connectivity index (χ1n) is 9.41. The summed E-state index contributed by atoms with van der Waals surface area (Å²) in [4.78, 5) is 15.5. The molecule has 4 aromatic rings. The van der Waals surface area contributed by atoms with E-state index >= 15 is 0 Å². The lowest BCUT2D eigenvalue weighted by Crippen LogP contribution is -2.09. The molecule has 0 fully saturated rings. The van der Waals surface area contributed by atoms with Crippen LogP contribution in [0.1, 0.15) is 16.7 Å². The number of aromatic amines is 1. The number of halogens is 1. The van der Waals surface area contributed by atoms with E-state index in [9.17, 15) is 9.90 Å². The number of aromatic hydroxyl groups is 1. The predicted octanol–water partition coefficient (Wildman–Crippen LogP) is 4.86. The van der Waals surface area contributed by atoms with E-state index in [4.69, 9.17) is 11.6 Å². The highest BCUT2D eigenvalue weighted by molar-refractivity contribution is 6.31. The van der Waals surface area contributed by atoms with Crippen molar-refractivity contribution in [3.8, 4) is 16.9 Å². The molecule has 0 atom stereocenters. The molecule has 3 N–H and O–H groups in total. The maximum absolute atomic E-state index is 12.7. The average Bonchev–Trinajstić information content (AvgIpc) is 2.70. The number of rotatable bonds is 5. The summed E-state index contributed by atoms with van der Waals surface area (Å²) < 4.78 is 0. The minimum atomic E-state index is -0.342. The number of pyridine rings is 1. The van der Waals surface area contributed by atoms with Crippen LogP contribution in [0.15, 0.2) is 71.5 Å². The lowest BCUT2D eigenvalue weighted by Gasteiger charge is -2.10. The van der Waals surface area contributed by atoms with Crippen LogP contribution in [0.2, 0.25) is 5.02 Å². The van der Waals surface area contributed by atoms with E-state index < -0.39 is 0 Å². The second-order valence-corrected chi connectivity index (χ2v) is 7.53. The highest BCUT2D eigenvalue weighted by atomic mass is 35.5. The fourth-order valence-electron chi connectivity index (χ4n) is 3.57. The maximum Gasteiger partial charge on any atom is 0.260 e. The van der Waals surface area contributed by atoms with Crippen molar-refractivity contribution in [1.82, 2.24) is 10.3 Å². The first kappa shape index (κ1) is 19.2. The number of hydrogen-bond acceptors (Lipinski definition) is 3. The second kappa shape index (κ2) is 8.11. The van der Waals surface area contributed by atoms with Crippen LogP contribution in [0.5, 0.6) is 5.75 Å². The molecule has 0 amide bonds. The van der Waals surface area contributed by atoms with Crippen molar-refractivity contribution < 1.29 is 5.11 Å². The van der Waals surface area contributed by atoms with Crippen LogP contribution in [-0.4, -0.2) is 17.1 Å². The van der Waals surface area contributed by atoms with E-state index in [2.05, 4.69) is 34.6 Å². The molecule has 0 bridgehead atoms. The third-order valence-corrected chi connectivity index (χ3v) is 5.21. The zero-order valence-corrected chi connectivity index (χ0v) is 16.8. The van der Waals surface area contributed by atoms with Crippen molar-refractivity contribution in [3.63, 3.8) is 0 Å². The maximum atomic E-state index is 12.7. The standard InChI is InChI=1S/C24H21ClN2O2/c1-26-14-16-7-5-15(6-8-16)11-17-3-2-4-18(12-17)22-23(28)20-10-9-19(25)13-21(20)27-24(22)29/h2-10,12-13,26H,11,14H2,1H3,(H2,27,28,29). The summed E-state index contributed by atoms with van der Waals surface area (Å²) in [7, 11) is 1.93. The van der Waals surface area contributed by atoms with Gasteiger partial charge in [0.1, 0.15) is 5.75 Å². The lowest BCUT2D eigenvalue weighted by molar-refractivity contribution is 0.482. The van der Waals surface area contributed by atoms with Crippen molar-refractivity contribution in [3.05, 3.63) is 98.8 Å². The van der Waals surface area contributed by atoms with E-state index in [1.807, 2.05) is 31.3 Å². The van der Waals surface area contributed by atoms with Crippen molar-refractivity contribution in [2.75, 3.05) is 7.05 Å². The summed E-state index contributed by atoms with van der Waals surface area (Å²) in [6.07, 6.45) is 0.746. The normalized spacial score (nSPS) is 11.1. The van der Waals surface area contributed by atoms with E-state index in [1.165, 1.54) is 11.1 Å². The summed E-state index contributed by atoms with van der Waals surface area (Å²) in [6.45, 7) is 0.838. The van der Waals surface area contributed by atoms with Crippen molar-refractivity contribution in [1.29, 1.82) is 0 Å². The number of nitrogens with one attached hydrogen (secondary N) is 2. The lowest BCUT2D eigenvalue weighted by atomic mass is 9.98. The van der Waals surface area contributed by atoms with E-state index in [0.717, 1.165) is 18.5 Å². The van der Waals surface area contributed by atoms with Gasteiger partial charge in [-0.15, -0.1) is 0 Å². The largest absolute Gasteiger partial charge is 0.506 e. The summed E-state index contributed by atoms with van der Waals surface area (Å²) in [6, 6.07) is 21.2. The van der Waals surface area contributed by atoms with Crippen LogP contribution in [0.4, 0.5) is 0 Å². The van der Waals surface area contributed by atoms with E-state index in [1.54, 1.807) is 18.2 Å². The molecule has 1 heterocycles. The molecule has 0 aliphatic carbocycles. The average molecular weight is 405 g/mol. The van der Waals surface area contributed by atoms with Gasteiger partial charge in [-0.3, -0.25) is 4.79 Å². The first-order valence-corrected chi connectivity index (χ1v) is 9.79. The molecule has 4 rings (SSSR count). The molecular weight excluding hydrogens is 384 g/mol. The third kappa shape index (κ3) is 4.04. The van der Waals surface area contributed by atoms with Gasteiger partial charge in [-0.25, -0.2) is 0 Å². The Morgan fingerprint density at radius 2 is 1.72 bits per heavy atom. The van der Waals surface area contributed by atoms with Gasteiger partial charge in [0.05, 0.1) is 11.1 Å². The Hall–Kier alpha value is -3.08. The summed E-state index contributed by atoms with van der Waals surface area (Å²) in [5.74, 6) is -0.0333. The Kier molecular flexibility index (Phi) is 5.38. The number of hydrogen-bond donors (Lipinski definition) is 3. The van der Waals surface area contributed by atoms with Gasteiger partial charge in [0.2, 0.25) is 0 Å². The Labute approximate surface area is 173 Å². The Bertz CT molecular complexity index is 1230. The van der Waals surface area contributed by atoms with Gasteiger partial charge in [0.25, 0.3) is 5.56 Å². The van der Waals surface area contributed by atoms with Crippen LogP contribution in [0.25, 0.3) is 22.0 Å². The molecule has 0 aliphatic rings. The zero-order chi connectivity index (χ0) is 20.4. The molecule has 0 unspecified atom stereocenters. The molecule has 29 heavy (non-hydrogen) atoms. The smallest absolute Gasteiger partial charge is 0.260 e. The van der Waals surface area contributed by atoms with E-state index in [-0.39, 0.29) is 16.9 Å². The van der Waals surface area contributed by atoms with E-state index in [0.29, 0.717) is 21.5 Å². The molecule has 0 aliphatic heterocycles. The molecule has 0 saturated carbocycles. The van der Waals surface area contributed by atoms with Gasteiger partial charge in [0.15, 0.2) is 0 Å². The molecule has 1 aromatic heterocycles. The van der Waals surface area contributed by atoms with Crippen molar-refractivity contribution in [2.24, 2.45) is 0 Å². The fraction of sp³-hybridized carbons (Fsp3) is 0.125. The molecule has 5 heteroatoms. The van der Waals surface area contributed by atoms with Gasteiger partial charge >= 0.3 is 0 Å². The van der Waals surface area contributed by atoms with Crippen LogP contribution in [0, 0.1) is 0 Å². The topological polar surface area (TPSA) is 65.1 Å². The predicted molar refractivity (Wildman–Crippen MR) is 119 cm³/mol. The molecule has 0 spiro atoms. The van der Waals surface area contributed by atoms with Gasteiger partial charge < -0.3 is 15.4 Å². The van der Waals surface area contributed by atoms with Gasteiger partial charge in [0, 0.05) is 17.0 Å². The minimum Gasteiger partial charge on any atom is -0.506 e. The third-order valence-electron chi connectivity index (χ3n) is 4.98. The molecular formula is C24H21ClN2O2. The molecule has 0 saturated heterocycles. The number of benzene rings is 3. The molecule has 3 aromatic carbocycles. The van der Waals surface area contributed by atoms with Crippen LogP contribution in [-0.2, 0) is 13.0 Å². The SMILES string of the molecule is CNCc1ccc(Cc2cccc(-c3c(O)c4ccc(Cl)cc4[nH]c3=O)c2)cc1. The van der Waals surface area contributed by atoms with Crippen LogP contribution in [0.3, 0.4) is 0 Å². The van der Waals surface area contributed by atoms with Gasteiger partial charge in [-0.05, 0) is 53.9 Å². The van der Waals surface area contributed by atoms with Crippen LogP contribution < -0.4 is 10.9 Å². The monoisotopic (exact) mass is 404 g/mol. The highest BCUT2D eigenvalue weighted by Crippen LogP contribution is 2.33. The summed E-state index contributed by atoms with van der Waals surface area (Å²) >= 11 is 6.00. The van der Waals surface area contributed by atoms with Crippen LogP contribution >= 0.6 is 11.6 Å². The van der Waals surface area contributed by atoms with Crippen molar-refractivity contribution in [2.45, 2.75) is 13.0 Å². The van der Waals surface area contributed by atoms with Gasteiger partial charge in [-0.2, -0.15) is 0 Å². The zero-order valence-electron chi connectivity index (χ0n) is 16.0. The second-order valence-electron chi connectivity index (χ2n) is 7.09. The first-order chi connectivity index (χ1) is 14.0. The molecule has 146 valence electrons. The number of aromatic nitrogens is 1. The Balaban J connectivity index is 1.70. The molecule has 4 nitrogen and oxygen atoms in total. The minimum absolute atomic E-state index is 0.0333. The Morgan fingerprint density at radius 1 is 0.966 bits per heavy atom. The molecule has 0 radical (unpaired) electrons. The fourth-order valence-corrected chi connectivity index (χ4v) is 3.74. The summed E-state index contributed by atoms with van der Waals surface area (Å²) in [5, 5.41) is 15.0. The summed E-state index contributed by atoms with van der Waals surface area (Å²) in [5.41, 5.74) is 4.62. The highest BCUT2D eigenvalue weighted by Gasteiger charge is 2.14.